The van der Waals surface area contributed by atoms with Crippen molar-refractivity contribution in [1.82, 2.24) is 5.32 Å². The Morgan fingerprint density at radius 1 is 1.04 bits per heavy atom. The van der Waals surface area contributed by atoms with Crippen molar-refractivity contribution in [3.05, 3.63) is 52.0 Å². The second-order valence-corrected chi connectivity index (χ2v) is 6.35. The molecule has 0 unspecified atom stereocenters. The lowest BCUT2D eigenvalue weighted by molar-refractivity contribution is -0.123. The van der Waals surface area contributed by atoms with Crippen LogP contribution in [0, 0.1) is 0 Å². The zero-order valence-electron chi connectivity index (χ0n) is 14.8. The van der Waals surface area contributed by atoms with Crippen LogP contribution in [-0.4, -0.2) is 26.7 Å². The summed E-state index contributed by atoms with van der Waals surface area (Å²) in [4.78, 5) is 12.3. The van der Waals surface area contributed by atoms with Crippen LogP contribution in [0.2, 0.25) is 10.0 Å². The maximum absolute atomic E-state index is 12.3. The highest BCUT2D eigenvalue weighted by Gasteiger charge is 2.16. The third kappa shape index (κ3) is 5.19. The average molecular weight is 398 g/mol. The summed E-state index contributed by atoms with van der Waals surface area (Å²) in [6.07, 6.45) is 0.711. The Morgan fingerprint density at radius 2 is 1.73 bits per heavy atom. The Balaban J connectivity index is 2.01. The first-order chi connectivity index (χ1) is 12.5. The zero-order chi connectivity index (χ0) is 19.1. The Kier molecular flexibility index (Phi) is 7.42. The Labute approximate surface area is 163 Å². The Hall–Kier alpha value is -2.11. The summed E-state index contributed by atoms with van der Waals surface area (Å²) in [5.41, 5.74) is 0.919. The fraction of sp³-hybridized carbons (Fsp3) is 0.316. The van der Waals surface area contributed by atoms with Crippen molar-refractivity contribution in [2.45, 2.75) is 19.4 Å². The molecule has 0 radical (unpaired) electrons. The number of methoxy groups -OCH3 is 2. The molecular weight excluding hydrogens is 377 g/mol. The van der Waals surface area contributed by atoms with Gasteiger partial charge in [-0.25, -0.2) is 0 Å². The number of carbonyl (C=O) groups excluding carboxylic acids is 1. The largest absolute Gasteiger partial charge is 0.493 e. The molecule has 2 aromatic rings. The van der Waals surface area contributed by atoms with Crippen LogP contribution in [0.5, 0.6) is 17.2 Å². The van der Waals surface area contributed by atoms with Gasteiger partial charge in [0.1, 0.15) is 5.75 Å². The lowest BCUT2D eigenvalue weighted by Gasteiger charge is -2.19. The van der Waals surface area contributed by atoms with Gasteiger partial charge < -0.3 is 19.5 Å². The van der Waals surface area contributed by atoms with Crippen LogP contribution in [0.25, 0.3) is 0 Å². The summed E-state index contributed by atoms with van der Waals surface area (Å²) in [5, 5.41) is 3.81. The van der Waals surface area contributed by atoms with E-state index in [4.69, 9.17) is 37.4 Å². The molecule has 1 N–H and O–H groups in total. The Morgan fingerprint density at radius 3 is 2.35 bits per heavy atom. The SMILES string of the molecule is CC[C@@H](NC(=O)COc1ccc(Cl)cc1Cl)c1ccc(OC)c(OC)c1. The molecular formula is C19H21Cl2NO4. The van der Waals surface area contributed by atoms with Gasteiger partial charge in [0.2, 0.25) is 0 Å². The minimum atomic E-state index is -0.252. The zero-order valence-corrected chi connectivity index (χ0v) is 16.4. The first-order valence-corrected chi connectivity index (χ1v) is 8.83. The first kappa shape index (κ1) is 20.2. The highest BCUT2D eigenvalue weighted by Crippen LogP contribution is 2.31. The second-order valence-electron chi connectivity index (χ2n) is 5.51. The maximum atomic E-state index is 12.3. The topological polar surface area (TPSA) is 56.8 Å². The number of hydrogen-bond acceptors (Lipinski definition) is 4. The molecule has 0 saturated heterocycles. The molecule has 5 nitrogen and oxygen atoms in total. The number of hydrogen-bond donors (Lipinski definition) is 1. The van der Waals surface area contributed by atoms with E-state index in [1.54, 1.807) is 32.4 Å². The van der Waals surface area contributed by atoms with Gasteiger partial charge in [-0.3, -0.25) is 4.79 Å². The predicted molar refractivity (Wildman–Crippen MR) is 103 cm³/mol. The van der Waals surface area contributed by atoms with Crippen molar-refractivity contribution >= 4 is 29.1 Å². The van der Waals surface area contributed by atoms with Crippen LogP contribution in [0.15, 0.2) is 36.4 Å². The predicted octanol–water partition coefficient (Wildman–Crippen LogP) is 4.66. The molecule has 1 amide bonds. The minimum absolute atomic E-state index is 0.148. The van der Waals surface area contributed by atoms with E-state index in [0.717, 1.165) is 5.56 Å². The molecule has 1 atom stereocenters. The molecule has 2 aromatic carbocycles. The van der Waals surface area contributed by atoms with Crippen LogP contribution < -0.4 is 19.5 Å². The minimum Gasteiger partial charge on any atom is -0.493 e. The van der Waals surface area contributed by atoms with Crippen LogP contribution in [0.1, 0.15) is 24.9 Å². The number of halogens is 2. The van der Waals surface area contributed by atoms with Gasteiger partial charge in [-0.1, -0.05) is 36.2 Å². The quantitative estimate of drug-likeness (QED) is 0.703. The van der Waals surface area contributed by atoms with Gasteiger partial charge in [-0.05, 0) is 42.3 Å². The average Bonchev–Trinajstić information content (AvgIpc) is 2.64. The number of amides is 1. The van der Waals surface area contributed by atoms with Gasteiger partial charge in [0.25, 0.3) is 5.91 Å². The summed E-state index contributed by atoms with van der Waals surface area (Å²) < 4.78 is 16.0. The van der Waals surface area contributed by atoms with Gasteiger partial charge in [0.05, 0.1) is 25.3 Å². The molecule has 0 heterocycles. The molecule has 0 aliphatic carbocycles. The molecule has 140 valence electrons. The van der Waals surface area contributed by atoms with Crippen molar-refractivity contribution in [2.75, 3.05) is 20.8 Å². The summed E-state index contributed by atoms with van der Waals surface area (Å²) in [5.74, 6) is 1.41. The maximum Gasteiger partial charge on any atom is 0.258 e. The van der Waals surface area contributed by atoms with E-state index in [0.29, 0.717) is 33.7 Å². The molecule has 0 fully saturated rings. The molecule has 26 heavy (non-hydrogen) atoms. The van der Waals surface area contributed by atoms with Crippen molar-refractivity contribution in [1.29, 1.82) is 0 Å². The number of ether oxygens (including phenoxy) is 3. The molecule has 0 bridgehead atoms. The lowest BCUT2D eigenvalue weighted by atomic mass is 10.0. The van der Waals surface area contributed by atoms with E-state index in [9.17, 15) is 4.79 Å². The van der Waals surface area contributed by atoms with E-state index in [1.807, 2.05) is 25.1 Å². The third-order valence-corrected chi connectivity index (χ3v) is 4.34. The standard InChI is InChI=1S/C19H21Cl2NO4/c1-4-15(12-5-7-17(24-2)18(9-12)25-3)22-19(23)11-26-16-8-6-13(20)10-14(16)21/h5-10,15H,4,11H2,1-3H3,(H,22,23)/t15-/m1/s1. The second kappa shape index (κ2) is 9.55. The van der Waals surface area contributed by atoms with E-state index in [1.165, 1.54) is 0 Å². The number of benzene rings is 2. The molecule has 0 saturated carbocycles. The van der Waals surface area contributed by atoms with E-state index in [2.05, 4.69) is 5.32 Å². The molecule has 0 aliphatic heterocycles. The smallest absolute Gasteiger partial charge is 0.258 e. The fourth-order valence-corrected chi connectivity index (χ4v) is 2.93. The van der Waals surface area contributed by atoms with Crippen LogP contribution in [0.3, 0.4) is 0 Å². The summed E-state index contributed by atoms with van der Waals surface area (Å²) in [6.45, 7) is 1.84. The summed E-state index contributed by atoms with van der Waals surface area (Å²) in [6, 6.07) is 10.2. The van der Waals surface area contributed by atoms with Gasteiger partial charge in [0.15, 0.2) is 18.1 Å². The Bertz CT molecular complexity index is 767. The van der Waals surface area contributed by atoms with Crippen molar-refractivity contribution in [3.8, 4) is 17.2 Å². The van der Waals surface area contributed by atoms with E-state index < -0.39 is 0 Å². The van der Waals surface area contributed by atoms with Crippen molar-refractivity contribution in [3.63, 3.8) is 0 Å². The molecule has 0 spiro atoms. The monoisotopic (exact) mass is 397 g/mol. The van der Waals surface area contributed by atoms with Crippen molar-refractivity contribution < 1.29 is 19.0 Å². The van der Waals surface area contributed by atoms with Crippen molar-refractivity contribution in [2.24, 2.45) is 0 Å². The van der Waals surface area contributed by atoms with Gasteiger partial charge in [0, 0.05) is 5.02 Å². The van der Waals surface area contributed by atoms with E-state index in [-0.39, 0.29) is 18.6 Å². The molecule has 0 aliphatic rings. The summed E-state index contributed by atoms with van der Waals surface area (Å²) in [7, 11) is 3.15. The summed E-state index contributed by atoms with van der Waals surface area (Å²) >= 11 is 11.9. The molecule has 0 aromatic heterocycles. The molecule has 7 heteroatoms. The van der Waals surface area contributed by atoms with Crippen LogP contribution in [-0.2, 0) is 4.79 Å². The van der Waals surface area contributed by atoms with Gasteiger partial charge >= 0.3 is 0 Å². The van der Waals surface area contributed by atoms with Crippen LogP contribution >= 0.6 is 23.2 Å². The van der Waals surface area contributed by atoms with Gasteiger partial charge in [-0.2, -0.15) is 0 Å². The number of carbonyl (C=O) groups is 1. The fourth-order valence-electron chi connectivity index (χ4n) is 2.46. The van der Waals surface area contributed by atoms with Crippen LogP contribution in [0.4, 0.5) is 0 Å². The highest BCUT2D eigenvalue weighted by molar-refractivity contribution is 6.35. The lowest BCUT2D eigenvalue weighted by Crippen LogP contribution is -2.32. The molecule has 2 rings (SSSR count). The number of rotatable bonds is 8. The number of nitrogens with one attached hydrogen (secondary N) is 1. The normalized spacial score (nSPS) is 11.6. The first-order valence-electron chi connectivity index (χ1n) is 8.07. The van der Waals surface area contributed by atoms with Gasteiger partial charge in [-0.15, -0.1) is 0 Å². The highest BCUT2D eigenvalue weighted by atomic mass is 35.5. The van der Waals surface area contributed by atoms with E-state index >= 15 is 0 Å². The third-order valence-electron chi connectivity index (χ3n) is 3.81.